The van der Waals surface area contributed by atoms with Crippen molar-refractivity contribution in [3.8, 4) is 0 Å². The smallest absolute Gasteiger partial charge is 0.151 e. The Balaban J connectivity index is 2.14. The van der Waals surface area contributed by atoms with Gasteiger partial charge in [-0.2, -0.15) is 0 Å². The molecule has 3 rings (SSSR count). The van der Waals surface area contributed by atoms with Crippen LogP contribution in [0.25, 0.3) is 0 Å². The van der Waals surface area contributed by atoms with Crippen molar-refractivity contribution in [1.82, 2.24) is 0 Å². The lowest BCUT2D eigenvalue weighted by Crippen LogP contribution is -2.25. The Bertz CT molecular complexity index is 502. The lowest BCUT2D eigenvalue weighted by atomic mass is 9.90. The summed E-state index contributed by atoms with van der Waals surface area (Å²) >= 11 is 12.0. The molecule has 1 aliphatic carbocycles. The molecule has 2 aliphatic rings. The second-order valence-corrected chi connectivity index (χ2v) is 5.34. The molecule has 16 heavy (non-hydrogen) atoms. The van der Waals surface area contributed by atoms with Gasteiger partial charge in [-0.3, -0.25) is 9.98 Å². The monoisotopic (exact) mass is 254 g/mol. The van der Waals surface area contributed by atoms with Crippen LogP contribution in [0.5, 0.6) is 0 Å². The standard InChI is InChI=1S/C12H12Cl2N2/c13-8-6-10-11(7-9(8)14)16-12(15-10)4-2-1-3-5-12/h6-7H,1-5H2. The largest absolute Gasteiger partial charge is 0.253 e. The summed E-state index contributed by atoms with van der Waals surface area (Å²) < 4.78 is 0. The Kier molecular flexibility index (Phi) is 2.45. The van der Waals surface area contributed by atoms with Gasteiger partial charge in [0.25, 0.3) is 0 Å². The van der Waals surface area contributed by atoms with Gasteiger partial charge >= 0.3 is 0 Å². The van der Waals surface area contributed by atoms with Crippen LogP contribution in [0.2, 0.25) is 10.0 Å². The molecular formula is C12H12Cl2N2. The summed E-state index contributed by atoms with van der Waals surface area (Å²) in [5.41, 5.74) is -0.200. The van der Waals surface area contributed by atoms with Crippen LogP contribution in [-0.2, 0) is 0 Å². The summed E-state index contributed by atoms with van der Waals surface area (Å²) in [5.74, 6) is 0. The first-order valence-corrected chi connectivity index (χ1v) is 6.39. The first-order valence-electron chi connectivity index (χ1n) is 5.63. The molecule has 0 bridgehead atoms. The highest BCUT2D eigenvalue weighted by Crippen LogP contribution is 2.33. The topological polar surface area (TPSA) is 24.7 Å². The zero-order chi connectivity index (χ0) is 11.2. The fourth-order valence-electron chi connectivity index (χ4n) is 2.52. The Hall–Kier alpha value is -0.600. The third-order valence-corrected chi connectivity index (χ3v) is 4.05. The highest BCUT2D eigenvalue weighted by Gasteiger charge is 2.32. The summed E-state index contributed by atoms with van der Waals surface area (Å²) in [7, 11) is 0. The first-order chi connectivity index (χ1) is 7.69. The number of benzene rings is 1. The Labute approximate surface area is 104 Å². The molecule has 1 aromatic rings. The number of hydrogen-bond donors (Lipinski definition) is 0. The van der Waals surface area contributed by atoms with Crippen molar-refractivity contribution in [1.29, 1.82) is 0 Å². The Morgan fingerprint density at radius 2 is 1.38 bits per heavy atom. The molecule has 0 aromatic heterocycles. The van der Waals surface area contributed by atoms with Crippen LogP contribution >= 0.6 is 23.2 Å². The molecule has 84 valence electrons. The van der Waals surface area contributed by atoms with E-state index in [2.05, 4.69) is 0 Å². The van der Waals surface area contributed by atoms with Crippen LogP contribution in [0.4, 0.5) is 0 Å². The molecular weight excluding hydrogens is 243 g/mol. The minimum Gasteiger partial charge on any atom is -0.253 e. The minimum absolute atomic E-state index is 0.200. The van der Waals surface area contributed by atoms with Crippen LogP contribution in [0.3, 0.4) is 0 Å². The van der Waals surface area contributed by atoms with Crippen LogP contribution in [0, 0.1) is 0 Å². The maximum atomic E-state index is 5.99. The summed E-state index contributed by atoms with van der Waals surface area (Å²) in [4.78, 5) is 9.47. The molecule has 0 amide bonds. The third kappa shape index (κ3) is 1.64. The third-order valence-electron chi connectivity index (χ3n) is 3.33. The average Bonchev–Trinajstić information content (AvgIpc) is 2.57. The zero-order valence-electron chi connectivity index (χ0n) is 8.84. The van der Waals surface area contributed by atoms with Gasteiger partial charge in [0, 0.05) is 0 Å². The van der Waals surface area contributed by atoms with Gasteiger partial charge in [-0.15, -0.1) is 0 Å². The molecule has 1 fully saturated rings. The summed E-state index contributed by atoms with van der Waals surface area (Å²) in [6, 6.07) is 3.65. The van der Waals surface area contributed by atoms with Crippen molar-refractivity contribution in [2.45, 2.75) is 37.8 Å². The number of hydrogen-bond acceptors (Lipinski definition) is 2. The molecule has 2 nitrogen and oxygen atoms in total. The second kappa shape index (κ2) is 3.71. The maximum absolute atomic E-state index is 5.99. The molecule has 1 saturated carbocycles. The van der Waals surface area contributed by atoms with Gasteiger partial charge in [-0.05, 0) is 37.8 Å². The molecule has 0 atom stereocenters. The molecule has 1 spiro atoms. The van der Waals surface area contributed by atoms with E-state index < -0.39 is 0 Å². The molecule has 1 heterocycles. The van der Waals surface area contributed by atoms with Gasteiger partial charge in [0.15, 0.2) is 5.66 Å². The zero-order valence-corrected chi connectivity index (χ0v) is 10.4. The van der Waals surface area contributed by atoms with Crippen LogP contribution in [-0.4, -0.2) is 5.66 Å². The first kappa shape index (κ1) is 10.5. The van der Waals surface area contributed by atoms with Gasteiger partial charge in [0.2, 0.25) is 0 Å². The van der Waals surface area contributed by atoms with Crippen LogP contribution < -0.4 is 10.7 Å². The van der Waals surface area contributed by atoms with E-state index in [0.717, 1.165) is 23.6 Å². The summed E-state index contributed by atoms with van der Waals surface area (Å²) in [6.45, 7) is 0. The maximum Gasteiger partial charge on any atom is 0.151 e. The number of fused-ring (bicyclic) bond motifs is 1. The van der Waals surface area contributed by atoms with Gasteiger partial charge in [-0.25, -0.2) is 0 Å². The van der Waals surface area contributed by atoms with E-state index >= 15 is 0 Å². The summed E-state index contributed by atoms with van der Waals surface area (Å²) in [5, 5.41) is 2.92. The quantitative estimate of drug-likeness (QED) is 0.681. The molecule has 0 radical (unpaired) electrons. The van der Waals surface area contributed by atoms with E-state index in [1.165, 1.54) is 19.3 Å². The predicted octanol–water partition coefficient (Wildman–Crippen LogP) is 2.91. The van der Waals surface area contributed by atoms with Gasteiger partial charge in [-0.1, -0.05) is 29.6 Å². The van der Waals surface area contributed by atoms with Crippen molar-refractivity contribution in [2.75, 3.05) is 0 Å². The lowest BCUT2D eigenvalue weighted by molar-refractivity contribution is 0.309. The van der Waals surface area contributed by atoms with E-state index in [9.17, 15) is 0 Å². The van der Waals surface area contributed by atoms with E-state index in [4.69, 9.17) is 33.2 Å². The van der Waals surface area contributed by atoms with Crippen LogP contribution in [0.15, 0.2) is 22.1 Å². The molecule has 0 unspecified atom stereocenters. The van der Waals surface area contributed by atoms with Crippen molar-refractivity contribution >= 4 is 23.2 Å². The van der Waals surface area contributed by atoms with E-state index in [-0.39, 0.29) is 5.66 Å². The average molecular weight is 255 g/mol. The summed E-state index contributed by atoms with van der Waals surface area (Å²) in [6.07, 6.45) is 5.82. The highest BCUT2D eigenvalue weighted by atomic mass is 35.5. The fraction of sp³-hybridized carbons (Fsp3) is 0.500. The number of halogens is 2. The van der Waals surface area contributed by atoms with Crippen molar-refractivity contribution in [3.63, 3.8) is 0 Å². The van der Waals surface area contributed by atoms with Crippen molar-refractivity contribution in [2.24, 2.45) is 9.98 Å². The SMILES string of the molecule is Clc1cc2c(cc1Cl)=NC1(CCCCC1)N=2. The molecule has 1 aliphatic heterocycles. The molecule has 0 saturated heterocycles. The van der Waals surface area contributed by atoms with Gasteiger partial charge < -0.3 is 0 Å². The van der Waals surface area contributed by atoms with Gasteiger partial charge in [0.1, 0.15) is 0 Å². The second-order valence-electron chi connectivity index (χ2n) is 4.52. The number of rotatable bonds is 0. The molecule has 4 heteroatoms. The lowest BCUT2D eigenvalue weighted by Gasteiger charge is -2.27. The molecule has 1 aromatic carbocycles. The Morgan fingerprint density at radius 1 is 0.875 bits per heavy atom. The van der Waals surface area contributed by atoms with Crippen molar-refractivity contribution < 1.29 is 0 Å². The van der Waals surface area contributed by atoms with Crippen molar-refractivity contribution in [3.05, 3.63) is 32.9 Å². The van der Waals surface area contributed by atoms with Gasteiger partial charge in [0.05, 0.1) is 20.8 Å². The Morgan fingerprint density at radius 3 is 1.88 bits per heavy atom. The fourth-order valence-corrected chi connectivity index (χ4v) is 2.84. The number of nitrogens with zero attached hydrogens (tertiary/aromatic N) is 2. The minimum atomic E-state index is -0.200. The highest BCUT2D eigenvalue weighted by molar-refractivity contribution is 6.41. The predicted molar refractivity (Wildman–Crippen MR) is 64.6 cm³/mol. The van der Waals surface area contributed by atoms with E-state index in [1.54, 1.807) is 0 Å². The molecule has 0 N–H and O–H groups in total. The van der Waals surface area contributed by atoms with E-state index in [1.807, 2.05) is 12.1 Å². The van der Waals surface area contributed by atoms with Crippen LogP contribution in [0.1, 0.15) is 32.1 Å². The van der Waals surface area contributed by atoms with E-state index in [0.29, 0.717) is 10.0 Å². The normalized spacial score (nSPS) is 21.4.